The molecular formula is C17H9BrCl3N7O2. The first-order valence-corrected chi connectivity index (χ1v) is 10.0. The lowest BCUT2D eigenvalue weighted by atomic mass is 10.2. The summed E-state index contributed by atoms with van der Waals surface area (Å²) < 4.78 is 5.10. The maximum atomic E-state index is 10.1. The van der Waals surface area contributed by atoms with Gasteiger partial charge in [0.05, 0.1) is 20.7 Å². The van der Waals surface area contributed by atoms with Crippen LogP contribution in [0.5, 0.6) is 5.75 Å². The summed E-state index contributed by atoms with van der Waals surface area (Å²) in [6.45, 7) is 0. The monoisotopic (exact) mass is 527 g/mol. The Hall–Kier alpha value is -2.66. The summed E-state index contributed by atoms with van der Waals surface area (Å²) in [6, 6.07) is 8.11. The molecule has 4 rings (SSSR count). The second kappa shape index (κ2) is 8.60. The number of benzene rings is 2. The van der Waals surface area contributed by atoms with E-state index in [2.05, 4.69) is 56.7 Å². The first-order chi connectivity index (χ1) is 14.4. The number of halogens is 4. The summed E-state index contributed by atoms with van der Waals surface area (Å²) in [4.78, 5) is 8.61. The van der Waals surface area contributed by atoms with E-state index in [0.29, 0.717) is 30.8 Å². The first-order valence-electron chi connectivity index (χ1n) is 8.10. The molecule has 0 saturated carbocycles. The van der Waals surface area contributed by atoms with Crippen molar-refractivity contribution < 1.29 is 9.74 Å². The van der Waals surface area contributed by atoms with E-state index in [9.17, 15) is 5.11 Å². The summed E-state index contributed by atoms with van der Waals surface area (Å²) in [6.07, 6.45) is 1.38. The third kappa shape index (κ3) is 4.41. The number of hydrogen-bond donors (Lipinski definition) is 3. The van der Waals surface area contributed by atoms with E-state index in [1.807, 2.05) is 0 Å². The van der Waals surface area contributed by atoms with Crippen molar-refractivity contribution in [2.75, 3.05) is 10.7 Å². The van der Waals surface area contributed by atoms with Crippen LogP contribution < -0.4 is 10.7 Å². The molecule has 0 aliphatic carbocycles. The molecule has 2 aromatic carbocycles. The highest BCUT2D eigenvalue weighted by molar-refractivity contribution is 9.10. The fraction of sp³-hybridized carbons (Fsp3) is 0. The van der Waals surface area contributed by atoms with Crippen molar-refractivity contribution in [2.45, 2.75) is 0 Å². The van der Waals surface area contributed by atoms with Gasteiger partial charge in [-0.05, 0) is 56.6 Å². The molecule has 0 aliphatic rings. The highest BCUT2D eigenvalue weighted by atomic mass is 79.9. The number of hydrogen-bond acceptors (Lipinski definition) is 9. The smallest absolute Gasteiger partial charge is 0.245 e. The molecule has 0 unspecified atom stereocenters. The van der Waals surface area contributed by atoms with Crippen LogP contribution in [-0.4, -0.2) is 31.6 Å². The van der Waals surface area contributed by atoms with Crippen molar-refractivity contribution in [1.29, 1.82) is 0 Å². The Labute approximate surface area is 192 Å². The highest BCUT2D eigenvalue weighted by Crippen LogP contribution is 2.31. The zero-order chi connectivity index (χ0) is 21.3. The van der Waals surface area contributed by atoms with Crippen molar-refractivity contribution in [3.05, 3.63) is 55.4 Å². The number of phenolic OH excluding ortho intramolecular Hbond substituents is 1. The lowest BCUT2D eigenvalue weighted by Crippen LogP contribution is -2.03. The van der Waals surface area contributed by atoms with Crippen LogP contribution in [0.2, 0.25) is 15.1 Å². The molecule has 2 aromatic heterocycles. The Kier molecular flexibility index (Phi) is 5.91. The summed E-state index contributed by atoms with van der Waals surface area (Å²) in [5.41, 5.74) is 4.13. The van der Waals surface area contributed by atoms with E-state index in [0.717, 1.165) is 0 Å². The molecule has 0 amide bonds. The quantitative estimate of drug-likeness (QED) is 0.225. The average Bonchev–Trinajstić information content (AvgIpc) is 3.15. The normalized spacial score (nSPS) is 11.3. The summed E-state index contributed by atoms with van der Waals surface area (Å²) in [7, 11) is 0. The van der Waals surface area contributed by atoms with Gasteiger partial charge < -0.3 is 10.4 Å². The van der Waals surface area contributed by atoms with Crippen molar-refractivity contribution in [1.82, 2.24) is 20.3 Å². The van der Waals surface area contributed by atoms with E-state index in [1.165, 1.54) is 6.21 Å². The Morgan fingerprint density at radius 1 is 1.00 bits per heavy atom. The molecule has 0 spiro atoms. The van der Waals surface area contributed by atoms with Crippen molar-refractivity contribution >= 4 is 85.6 Å². The molecule has 0 radical (unpaired) electrons. The largest absolute Gasteiger partial charge is 0.506 e. The summed E-state index contributed by atoms with van der Waals surface area (Å²) in [5.74, 6) is 0.493. The molecule has 0 bridgehead atoms. The van der Waals surface area contributed by atoms with E-state index in [4.69, 9.17) is 34.8 Å². The maximum Gasteiger partial charge on any atom is 0.245 e. The van der Waals surface area contributed by atoms with Gasteiger partial charge in [-0.25, -0.2) is 9.61 Å². The Balaban J connectivity index is 1.66. The Morgan fingerprint density at radius 3 is 2.47 bits per heavy atom. The van der Waals surface area contributed by atoms with Crippen LogP contribution in [0.1, 0.15) is 5.56 Å². The molecule has 9 nitrogen and oxygen atoms in total. The van der Waals surface area contributed by atoms with Gasteiger partial charge in [0.1, 0.15) is 5.75 Å². The van der Waals surface area contributed by atoms with Gasteiger partial charge in [-0.1, -0.05) is 34.8 Å². The molecule has 4 aromatic rings. The molecule has 0 aliphatic heterocycles. The fourth-order valence-electron chi connectivity index (χ4n) is 2.36. The van der Waals surface area contributed by atoms with Gasteiger partial charge in [0.25, 0.3) is 0 Å². The third-order valence-corrected chi connectivity index (χ3v) is 5.29. The standard InChI is InChI=1S/C17H9BrCl3N7O2/c18-10-4-8(19)3-7(13(10)29)6-22-26-15-14(24-16-17(25-15)28-30-27-16)23-9-1-2-11(20)12(21)5-9/h1-6,29H,(H,23,24,27)(H,25,26,28). The number of fused-ring (bicyclic) bond motifs is 1. The number of phenols is 1. The molecule has 152 valence electrons. The number of anilines is 3. The van der Waals surface area contributed by atoms with Crippen LogP contribution in [-0.2, 0) is 0 Å². The van der Waals surface area contributed by atoms with Crippen LogP contribution >= 0.6 is 50.7 Å². The molecule has 0 saturated heterocycles. The van der Waals surface area contributed by atoms with Gasteiger partial charge in [-0.2, -0.15) is 10.1 Å². The number of aromatic hydroxyl groups is 1. The molecule has 30 heavy (non-hydrogen) atoms. The van der Waals surface area contributed by atoms with E-state index in [1.54, 1.807) is 30.3 Å². The molecule has 0 fully saturated rings. The van der Waals surface area contributed by atoms with Crippen LogP contribution in [0.25, 0.3) is 11.3 Å². The number of aromatic nitrogens is 4. The van der Waals surface area contributed by atoms with Gasteiger partial charge in [0.15, 0.2) is 11.6 Å². The minimum absolute atomic E-state index is 0.0126. The van der Waals surface area contributed by atoms with Crippen LogP contribution in [0.4, 0.5) is 17.3 Å². The van der Waals surface area contributed by atoms with Gasteiger partial charge in [0, 0.05) is 16.3 Å². The summed E-state index contributed by atoms with van der Waals surface area (Å²) in [5, 5.41) is 25.8. The number of nitrogens with zero attached hydrogens (tertiary/aromatic N) is 5. The second-order valence-electron chi connectivity index (χ2n) is 5.78. The SMILES string of the molecule is Oc1c(Br)cc(Cl)cc1C=NNc1nc2nonc2nc1Nc1ccc(Cl)c(Cl)c1. The van der Waals surface area contributed by atoms with E-state index >= 15 is 0 Å². The van der Waals surface area contributed by atoms with Gasteiger partial charge in [-0.15, -0.1) is 0 Å². The minimum Gasteiger partial charge on any atom is -0.506 e. The Morgan fingerprint density at radius 2 is 1.73 bits per heavy atom. The van der Waals surface area contributed by atoms with E-state index < -0.39 is 0 Å². The number of hydrazone groups is 1. The molecule has 0 atom stereocenters. The molecule has 2 heterocycles. The van der Waals surface area contributed by atoms with Crippen LogP contribution in [0.15, 0.2) is 44.5 Å². The third-order valence-electron chi connectivity index (χ3n) is 3.73. The highest BCUT2D eigenvalue weighted by Gasteiger charge is 2.13. The van der Waals surface area contributed by atoms with Crippen molar-refractivity contribution in [3.63, 3.8) is 0 Å². The zero-order valence-electron chi connectivity index (χ0n) is 14.6. The zero-order valence-corrected chi connectivity index (χ0v) is 18.4. The van der Waals surface area contributed by atoms with Crippen LogP contribution in [0.3, 0.4) is 0 Å². The minimum atomic E-state index is -0.0126. The predicted octanol–water partition coefficient (Wildman–Crippen LogP) is 5.63. The fourth-order valence-corrected chi connectivity index (χ4v) is 3.49. The van der Waals surface area contributed by atoms with Crippen LogP contribution in [0, 0.1) is 0 Å². The molecular weight excluding hydrogens is 520 g/mol. The summed E-state index contributed by atoms with van der Waals surface area (Å²) >= 11 is 21.3. The number of rotatable bonds is 5. The second-order valence-corrected chi connectivity index (χ2v) is 7.89. The maximum absolute atomic E-state index is 10.1. The first kappa shape index (κ1) is 20.6. The van der Waals surface area contributed by atoms with Crippen molar-refractivity contribution in [2.24, 2.45) is 5.10 Å². The average molecular weight is 530 g/mol. The van der Waals surface area contributed by atoms with Gasteiger partial charge in [-0.3, -0.25) is 5.43 Å². The molecule has 13 heteroatoms. The number of nitrogens with one attached hydrogen (secondary N) is 2. The Bertz CT molecular complexity index is 1280. The van der Waals surface area contributed by atoms with E-state index in [-0.39, 0.29) is 28.7 Å². The lowest BCUT2D eigenvalue weighted by molar-refractivity contribution is 0.314. The topological polar surface area (TPSA) is 121 Å². The van der Waals surface area contributed by atoms with Gasteiger partial charge in [0.2, 0.25) is 11.3 Å². The van der Waals surface area contributed by atoms with Gasteiger partial charge >= 0.3 is 0 Å². The molecule has 3 N–H and O–H groups in total. The predicted molar refractivity (Wildman–Crippen MR) is 119 cm³/mol. The van der Waals surface area contributed by atoms with Crippen molar-refractivity contribution in [3.8, 4) is 5.75 Å². The lowest BCUT2D eigenvalue weighted by Gasteiger charge is -2.10.